The largest absolute Gasteiger partial charge is 0.479 e. The zero-order valence-electron chi connectivity index (χ0n) is 8.43. The number of benzene rings is 1. The van der Waals surface area contributed by atoms with E-state index in [1.165, 1.54) is 0 Å². The Balaban J connectivity index is 1.94. The highest BCUT2D eigenvalue weighted by Crippen LogP contribution is 2.18. The molecular formula is C11H11BrO4. The van der Waals surface area contributed by atoms with E-state index >= 15 is 0 Å². The lowest BCUT2D eigenvalue weighted by Gasteiger charge is -2.09. The monoisotopic (exact) mass is 286 g/mol. The van der Waals surface area contributed by atoms with E-state index in [9.17, 15) is 4.79 Å². The maximum atomic E-state index is 10.6. The summed E-state index contributed by atoms with van der Waals surface area (Å²) < 4.78 is 11.5. The maximum absolute atomic E-state index is 10.6. The van der Waals surface area contributed by atoms with Gasteiger partial charge in [-0.15, -0.1) is 0 Å². The van der Waals surface area contributed by atoms with Gasteiger partial charge < -0.3 is 14.6 Å². The molecule has 1 saturated heterocycles. The smallest absolute Gasteiger partial charge is 0.335 e. The Labute approximate surface area is 101 Å². The molecule has 2 unspecified atom stereocenters. The standard InChI is InChI=1S/C11H11BrO4/c12-8-3-1-2-7(4-8)5-10-15-6-9(16-10)11(13)14/h1-4,9-10H,5-6H2,(H,13,14). The average Bonchev–Trinajstić information content (AvgIpc) is 2.66. The lowest BCUT2D eigenvalue weighted by molar-refractivity contribution is -0.150. The number of rotatable bonds is 3. The Morgan fingerprint density at radius 1 is 1.56 bits per heavy atom. The third-order valence-electron chi connectivity index (χ3n) is 2.32. The van der Waals surface area contributed by atoms with Crippen molar-refractivity contribution in [3.8, 4) is 0 Å². The molecule has 0 bridgehead atoms. The summed E-state index contributed by atoms with van der Waals surface area (Å²) in [6.07, 6.45) is -0.740. The third-order valence-corrected chi connectivity index (χ3v) is 2.81. The Morgan fingerprint density at radius 2 is 2.38 bits per heavy atom. The van der Waals surface area contributed by atoms with Gasteiger partial charge in [0, 0.05) is 10.9 Å². The highest BCUT2D eigenvalue weighted by atomic mass is 79.9. The molecule has 1 aromatic carbocycles. The third kappa shape index (κ3) is 2.81. The van der Waals surface area contributed by atoms with Crippen LogP contribution in [-0.2, 0) is 20.7 Å². The molecule has 4 nitrogen and oxygen atoms in total. The molecule has 1 heterocycles. The molecule has 5 heteroatoms. The van der Waals surface area contributed by atoms with E-state index in [4.69, 9.17) is 14.6 Å². The van der Waals surface area contributed by atoms with Crippen LogP contribution in [0.25, 0.3) is 0 Å². The van der Waals surface area contributed by atoms with Gasteiger partial charge >= 0.3 is 5.97 Å². The molecule has 2 atom stereocenters. The van der Waals surface area contributed by atoms with Crippen molar-refractivity contribution >= 4 is 21.9 Å². The minimum absolute atomic E-state index is 0.119. The van der Waals surface area contributed by atoms with Crippen molar-refractivity contribution in [1.29, 1.82) is 0 Å². The fourth-order valence-corrected chi connectivity index (χ4v) is 2.00. The van der Waals surface area contributed by atoms with E-state index in [0.29, 0.717) is 6.42 Å². The summed E-state index contributed by atoms with van der Waals surface area (Å²) >= 11 is 3.37. The van der Waals surface area contributed by atoms with Gasteiger partial charge in [0.15, 0.2) is 12.4 Å². The van der Waals surface area contributed by atoms with Crippen molar-refractivity contribution in [2.45, 2.75) is 18.8 Å². The summed E-state index contributed by atoms with van der Waals surface area (Å²) in [5, 5.41) is 8.73. The van der Waals surface area contributed by atoms with Crippen molar-refractivity contribution < 1.29 is 19.4 Å². The quantitative estimate of drug-likeness (QED) is 0.921. The van der Waals surface area contributed by atoms with Gasteiger partial charge in [-0.1, -0.05) is 28.1 Å². The summed E-state index contributed by atoms with van der Waals surface area (Å²) in [5.41, 5.74) is 1.05. The first kappa shape index (κ1) is 11.6. The van der Waals surface area contributed by atoms with Gasteiger partial charge in [0.1, 0.15) is 0 Å². The molecule has 1 aromatic rings. The molecular weight excluding hydrogens is 276 g/mol. The summed E-state index contributed by atoms with van der Waals surface area (Å²) in [6, 6.07) is 7.76. The Bertz CT molecular complexity index is 393. The van der Waals surface area contributed by atoms with Crippen molar-refractivity contribution in [1.82, 2.24) is 0 Å². The topological polar surface area (TPSA) is 55.8 Å². The Hall–Kier alpha value is -0.910. The fourth-order valence-electron chi connectivity index (χ4n) is 1.55. The van der Waals surface area contributed by atoms with E-state index in [1.54, 1.807) is 0 Å². The minimum atomic E-state index is -0.975. The van der Waals surface area contributed by atoms with Gasteiger partial charge in [-0.05, 0) is 17.7 Å². The van der Waals surface area contributed by atoms with Crippen molar-refractivity contribution in [2.24, 2.45) is 0 Å². The zero-order valence-corrected chi connectivity index (χ0v) is 10.0. The molecule has 86 valence electrons. The van der Waals surface area contributed by atoms with Gasteiger partial charge in [-0.3, -0.25) is 0 Å². The van der Waals surface area contributed by atoms with Crippen LogP contribution >= 0.6 is 15.9 Å². The van der Waals surface area contributed by atoms with Crippen molar-refractivity contribution in [2.75, 3.05) is 6.61 Å². The number of carbonyl (C=O) groups is 1. The molecule has 1 aliphatic rings. The summed E-state index contributed by atoms with van der Waals surface area (Å²) in [6.45, 7) is 0.119. The van der Waals surface area contributed by atoms with Crippen LogP contribution in [-0.4, -0.2) is 30.1 Å². The molecule has 0 saturated carbocycles. The summed E-state index contributed by atoms with van der Waals surface area (Å²) in [5.74, 6) is -0.975. The van der Waals surface area contributed by atoms with E-state index in [1.807, 2.05) is 24.3 Å². The number of aliphatic carboxylic acids is 1. The summed E-state index contributed by atoms with van der Waals surface area (Å²) in [7, 11) is 0. The molecule has 1 N–H and O–H groups in total. The van der Waals surface area contributed by atoms with Crippen LogP contribution < -0.4 is 0 Å². The molecule has 1 aliphatic heterocycles. The molecule has 0 radical (unpaired) electrons. The van der Waals surface area contributed by atoms with Crippen LogP contribution in [0, 0.1) is 0 Å². The lowest BCUT2D eigenvalue weighted by atomic mass is 10.1. The average molecular weight is 287 g/mol. The second kappa shape index (κ2) is 4.95. The second-order valence-electron chi connectivity index (χ2n) is 3.56. The van der Waals surface area contributed by atoms with Gasteiger partial charge in [0.25, 0.3) is 0 Å². The predicted molar refractivity (Wildman–Crippen MR) is 60.1 cm³/mol. The van der Waals surface area contributed by atoms with Gasteiger partial charge in [0.2, 0.25) is 0 Å². The first-order valence-corrected chi connectivity index (χ1v) is 5.69. The molecule has 1 fully saturated rings. The van der Waals surface area contributed by atoms with Crippen LogP contribution in [0.3, 0.4) is 0 Å². The van der Waals surface area contributed by atoms with E-state index in [0.717, 1.165) is 10.0 Å². The number of ether oxygens (including phenoxy) is 2. The highest BCUT2D eigenvalue weighted by molar-refractivity contribution is 9.10. The fraction of sp³-hybridized carbons (Fsp3) is 0.364. The van der Waals surface area contributed by atoms with Gasteiger partial charge in [-0.25, -0.2) is 4.79 Å². The molecule has 0 spiro atoms. The van der Waals surface area contributed by atoms with Crippen molar-refractivity contribution in [3.05, 3.63) is 34.3 Å². The van der Waals surface area contributed by atoms with E-state index in [2.05, 4.69) is 15.9 Å². The SMILES string of the molecule is O=C(O)C1COC(Cc2cccc(Br)c2)O1. The van der Waals surface area contributed by atoms with Gasteiger partial charge in [-0.2, -0.15) is 0 Å². The molecule has 16 heavy (non-hydrogen) atoms. The number of hydrogen-bond acceptors (Lipinski definition) is 3. The van der Waals surface area contributed by atoms with Gasteiger partial charge in [0.05, 0.1) is 6.61 Å². The molecule has 2 rings (SSSR count). The van der Waals surface area contributed by atoms with Crippen LogP contribution in [0.5, 0.6) is 0 Å². The molecule has 0 aliphatic carbocycles. The predicted octanol–water partition coefficient (Wildman–Crippen LogP) is 1.82. The zero-order chi connectivity index (χ0) is 11.5. The van der Waals surface area contributed by atoms with Crippen LogP contribution in [0.1, 0.15) is 5.56 Å². The molecule has 0 amide bonds. The second-order valence-corrected chi connectivity index (χ2v) is 4.48. The van der Waals surface area contributed by atoms with Crippen LogP contribution in [0.2, 0.25) is 0 Å². The lowest BCUT2D eigenvalue weighted by Crippen LogP contribution is -2.23. The number of hydrogen-bond donors (Lipinski definition) is 1. The van der Waals surface area contributed by atoms with Crippen LogP contribution in [0.4, 0.5) is 0 Å². The number of carboxylic acids is 1. The van der Waals surface area contributed by atoms with E-state index in [-0.39, 0.29) is 6.61 Å². The van der Waals surface area contributed by atoms with Crippen LogP contribution in [0.15, 0.2) is 28.7 Å². The normalized spacial score (nSPS) is 24.6. The Morgan fingerprint density at radius 3 is 3.00 bits per heavy atom. The number of carboxylic acid groups (broad SMARTS) is 1. The first-order valence-electron chi connectivity index (χ1n) is 4.89. The maximum Gasteiger partial charge on any atom is 0.335 e. The first-order chi connectivity index (χ1) is 7.65. The minimum Gasteiger partial charge on any atom is -0.479 e. The number of halogens is 1. The Kier molecular flexibility index (Phi) is 3.58. The highest BCUT2D eigenvalue weighted by Gasteiger charge is 2.31. The summed E-state index contributed by atoms with van der Waals surface area (Å²) in [4.78, 5) is 10.6. The van der Waals surface area contributed by atoms with Crippen molar-refractivity contribution in [3.63, 3.8) is 0 Å². The van der Waals surface area contributed by atoms with E-state index < -0.39 is 18.4 Å². The molecule has 0 aromatic heterocycles.